The molecule has 0 aliphatic carbocycles. The number of primary amides is 1. The highest BCUT2D eigenvalue weighted by atomic mass is 35.5. The minimum Gasteiger partial charge on any atom is -0.365 e. The molecule has 104 valence electrons. The number of nitrogens with two attached hydrogens (primary N) is 1. The molecule has 3 rings (SSSR count). The Morgan fingerprint density at radius 3 is 2.85 bits per heavy atom. The summed E-state index contributed by atoms with van der Waals surface area (Å²) in [7, 11) is 0. The Kier molecular flexibility index (Phi) is 3.44. The van der Waals surface area contributed by atoms with E-state index in [1.807, 2.05) is 6.07 Å². The van der Waals surface area contributed by atoms with Crippen molar-refractivity contribution >= 4 is 29.1 Å². The van der Waals surface area contributed by atoms with Crippen molar-refractivity contribution in [3.8, 4) is 11.3 Å². The minimum atomic E-state index is -0.494. The fraction of sp³-hybridized carbons (Fsp3) is 0.286. The van der Waals surface area contributed by atoms with Crippen LogP contribution in [-0.4, -0.2) is 15.5 Å². The van der Waals surface area contributed by atoms with E-state index in [0.717, 1.165) is 42.8 Å². The van der Waals surface area contributed by atoms with Gasteiger partial charge in [0.05, 0.1) is 16.3 Å². The summed E-state index contributed by atoms with van der Waals surface area (Å²) in [5.74, 6) is -0.494. The summed E-state index contributed by atoms with van der Waals surface area (Å²) in [5.41, 5.74) is 8.28. The molecule has 1 aliphatic heterocycles. The van der Waals surface area contributed by atoms with Crippen molar-refractivity contribution < 1.29 is 4.79 Å². The molecule has 0 unspecified atom stereocenters. The molecule has 4 nitrogen and oxygen atoms in total. The van der Waals surface area contributed by atoms with E-state index in [-0.39, 0.29) is 0 Å². The third-order valence-corrected chi connectivity index (χ3v) is 4.29. The molecule has 2 N–H and O–H groups in total. The summed E-state index contributed by atoms with van der Waals surface area (Å²) in [5, 5.41) is 0.751. The number of rotatable bonds is 2. The topological polar surface area (TPSA) is 60.9 Å². The average Bonchev–Trinajstić information content (AvgIpc) is 2.71. The highest BCUT2D eigenvalue weighted by Crippen LogP contribution is 2.40. The molecule has 0 saturated carbocycles. The minimum absolute atomic E-state index is 0.372. The Balaban J connectivity index is 2.31. The molecule has 0 aromatic carbocycles. The number of fused-ring (bicyclic) bond motifs is 1. The lowest BCUT2D eigenvalue weighted by atomic mass is 10.1. The van der Waals surface area contributed by atoms with Crippen molar-refractivity contribution in [2.45, 2.75) is 25.8 Å². The van der Waals surface area contributed by atoms with Gasteiger partial charge in [-0.3, -0.25) is 4.79 Å². The number of amides is 1. The fourth-order valence-corrected chi connectivity index (χ4v) is 3.39. The molecule has 20 heavy (non-hydrogen) atoms. The number of aromatic nitrogens is 2. The van der Waals surface area contributed by atoms with Gasteiger partial charge in [0.25, 0.3) is 5.91 Å². The van der Waals surface area contributed by atoms with E-state index in [1.165, 1.54) is 0 Å². The standard InChI is InChI=1S/C14H13Cl2N3O/c15-11-10(14(17)20)9-5-1-2-7-19(9)12(11)8-4-3-6-18-13(8)16/h3-4,6H,1-2,5,7H2,(H2,17,20). The number of hydrogen-bond acceptors (Lipinski definition) is 2. The fourth-order valence-electron chi connectivity index (χ4n) is 2.78. The zero-order valence-corrected chi connectivity index (χ0v) is 12.2. The van der Waals surface area contributed by atoms with E-state index in [9.17, 15) is 4.79 Å². The monoisotopic (exact) mass is 309 g/mol. The first-order valence-corrected chi connectivity index (χ1v) is 7.18. The van der Waals surface area contributed by atoms with Crippen LogP contribution in [0.3, 0.4) is 0 Å². The highest BCUT2D eigenvalue weighted by molar-refractivity contribution is 6.38. The van der Waals surface area contributed by atoms with Crippen molar-refractivity contribution in [3.05, 3.63) is 39.8 Å². The maximum Gasteiger partial charge on any atom is 0.252 e. The van der Waals surface area contributed by atoms with Crippen LogP contribution in [-0.2, 0) is 13.0 Å². The first-order chi connectivity index (χ1) is 9.61. The zero-order valence-electron chi connectivity index (χ0n) is 10.7. The first-order valence-electron chi connectivity index (χ1n) is 6.42. The van der Waals surface area contributed by atoms with Crippen LogP contribution in [0.4, 0.5) is 0 Å². The Hall–Kier alpha value is -1.52. The van der Waals surface area contributed by atoms with E-state index in [4.69, 9.17) is 28.9 Å². The summed E-state index contributed by atoms with van der Waals surface area (Å²) in [6.07, 6.45) is 4.49. The Morgan fingerprint density at radius 1 is 1.35 bits per heavy atom. The predicted molar refractivity (Wildman–Crippen MR) is 79.1 cm³/mol. The summed E-state index contributed by atoms with van der Waals surface area (Å²) >= 11 is 12.6. The first kappa shape index (κ1) is 13.5. The number of pyridine rings is 1. The summed E-state index contributed by atoms with van der Waals surface area (Å²) in [6.45, 7) is 0.808. The van der Waals surface area contributed by atoms with Crippen LogP contribution < -0.4 is 5.73 Å². The lowest BCUT2D eigenvalue weighted by Crippen LogP contribution is -2.17. The van der Waals surface area contributed by atoms with Gasteiger partial charge in [-0.2, -0.15) is 0 Å². The number of nitrogens with zero attached hydrogens (tertiary/aromatic N) is 2. The summed E-state index contributed by atoms with van der Waals surface area (Å²) in [6, 6.07) is 3.65. The Morgan fingerprint density at radius 2 is 2.15 bits per heavy atom. The Bertz CT molecular complexity index is 694. The molecule has 1 amide bonds. The maximum absolute atomic E-state index is 11.7. The van der Waals surface area contributed by atoms with E-state index in [0.29, 0.717) is 15.7 Å². The van der Waals surface area contributed by atoms with Gasteiger partial charge in [-0.1, -0.05) is 23.2 Å². The molecule has 0 radical (unpaired) electrons. The average molecular weight is 310 g/mol. The lowest BCUT2D eigenvalue weighted by Gasteiger charge is -2.18. The van der Waals surface area contributed by atoms with Crippen LogP contribution in [0.15, 0.2) is 18.3 Å². The maximum atomic E-state index is 11.7. The van der Waals surface area contributed by atoms with Gasteiger partial charge in [0.2, 0.25) is 0 Å². The predicted octanol–water partition coefficient (Wildman–Crippen LogP) is 3.29. The van der Waals surface area contributed by atoms with Crippen molar-refractivity contribution in [2.24, 2.45) is 5.73 Å². The van der Waals surface area contributed by atoms with Crippen molar-refractivity contribution in [1.82, 2.24) is 9.55 Å². The largest absolute Gasteiger partial charge is 0.365 e. The molecule has 2 aromatic heterocycles. The molecular weight excluding hydrogens is 297 g/mol. The van der Waals surface area contributed by atoms with Crippen LogP contribution in [0.25, 0.3) is 11.3 Å². The van der Waals surface area contributed by atoms with Crippen LogP contribution >= 0.6 is 23.2 Å². The van der Waals surface area contributed by atoms with Crippen LogP contribution in [0.5, 0.6) is 0 Å². The van der Waals surface area contributed by atoms with Gasteiger partial charge in [0, 0.05) is 24.0 Å². The number of hydrogen-bond donors (Lipinski definition) is 1. The van der Waals surface area contributed by atoms with Gasteiger partial charge in [0.15, 0.2) is 0 Å². The number of carbonyl (C=O) groups is 1. The molecule has 6 heteroatoms. The van der Waals surface area contributed by atoms with Crippen LogP contribution in [0.1, 0.15) is 28.9 Å². The van der Waals surface area contributed by atoms with Crippen LogP contribution in [0, 0.1) is 0 Å². The third-order valence-electron chi connectivity index (χ3n) is 3.62. The summed E-state index contributed by atoms with van der Waals surface area (Å²) in [4.78, 5) is 15.8. The van der Waals surface area contributed by atoms with Crippen molar-refractivity contribution in [2.75, 3.05) is 0 Å². The molecule has 0 fully saturated rings. The molecule has 0 bridgehead atoms. The lowest BCUT2D eigenvalue weighted by molar-refractivity contribution is 0.0999. The van der Waals surface area contributed by atoms with E-state index >= 15 is 0 Å². The molecule has 0 spiro atoms. The molecule has 0 atom stereocenters. The SMILES string of the molecule is NC(=O)c1c(Cl)c(-c2cccnc2Cl)n2c1CCCC2. The normalized spacial score (nSPS) is 14.1. The van der Waals surface area contributed by atoms with Crippen molar-refractivity contribution in [1.29, 1.82) is 0 Å². The highest BCUT2D eigenvalue weighted by Gasteiger charge is 2.28. The van der Waals surface area contributed by atoms with Gasteiger partial charge in [-0.25, -0.2) is 4.98 Å². The van der Waals surface area contributed by atoms with Crippen molar-refractivity contribution in [3.63, 3.8) is 0 Å². The number of halogens is 2. The molecule has 3 heterocycles. The van der Waals surface area contributed by atoms with Gasteiger partial charge in [-0.05, 0) is 31.4 Å². The van der Waals surface area contributed by atoms with E-state index < -0.39 is 5.91 Å². The van der Waals surface area contributed by atoms with Gasteiger partial charge in [0.1, 0.15) is 5.15 Å². The Labute approximate surface area is 126 Å². The smallest absolute Gasteiger partial charge is 0.252 e. The van der Waals surface area contributed by atoms with Gasteiger partial charge >= 0.3 is 0 Å². The van der Waals surface area contributed by atoms with E-state index in [1.54, 1.807) is 12.3 Å². The second-order valence-corrected chi connectivity index (χ2v) is 5.54. The number of carbonyl (C=O) groups excluding carboxylic acids is 1. The third kappa shape index (κ3) is 2.00. The molecule has 2 aromatic rings. The molecule has 0 saturated heterocycles. The quantitative estimate of drug-likeness (QED) is 0.865. The second-order valence-electron chi connectivity index (χ2n) is 4.80. The summed E-state index contributed by atoms with van der Waals surface area (Å²) < 4.78 is 2.05. The van der Waals surface area contributed by atoms with Crippen LogP contribution in [0.2, 0.25) is 10.2 Å². The van der Waals surface area contributed by atoms with Gasteiger partial charge < -0.3 is 10.3 Å². The van der Waals surface area contributed by atoms with E-state index in [2.05, 4.69) is 9.55 Å². The van der Waals surface area contributed by atoms with Gasteiger partial charge in [-0.15, -0.1) is 0 Å². The molecule has 1 aliphatic rings. The molecular formula is C14H13Cl2N3O. The second kappa shape index (κ2) is 5.11. The zero-order chi connectivity index (χ0) is 14.3.